The fourth-order valence-corrected chi connectivity index (χ4v) is 2.68. The van der Waals surface area contributed by atoms with Crippen LogP contribution in [0.15, 0.2) is 0 Å². The summed E-state index contributed by atoms with van der Waals surface area (Å²) in [6.07, 6.45) is 4.23. The zero-order valence-electron chi connectivity index (χ0n) is 13.1. The van der Waals surface area contributed by atoms with E-state index in [-0.39, 0.29) is 6.04 Å². The molecule has 0 aromatic carbocycles. The highest BCUT2D eigenvalue weighted by atomic mass is 16.4. The molecular formula is C15H30N2O2. The first kappa shape index (κ1) is 16.4. The molecule has 1 saturated carbocycles. The van der Waals surface area contributed by atoms with Crippen molar-refractivity contribution in [3.63, 3.8) is 0 Å². The van der Waals surface area contributed by atoms with E-state index in [0.717, 1.165) is 18.9 Å². The lowest BCUT2D eigenvalue weighted by molar-refractivity contribution is -0.145. The number of nitrogens with zero attached hydrogens (tertiary/aromatic N) is 1. The number of carboxylic acids is 1. The van der Waals surface area contributed by atoms with E-state index in [1.54, 1.807) is 6.92 Å². The molecule has 0 spiro atoms. The van der Waals surface area contributed by atoms with Crippen LogP contribution in [-0.2, 0) is 4.79 Å². The summed E-state index contributed by atoms with van der Waals surface area (Å²) in [4.78, 5) is 13.9. The lowest BCUT2D eigenvalue weighted by Gasteiger charge is -2.36. The third kappa shape index (κ3) is 4.46. The number of hydrogen-bond donors (Lipinski definition) is 2. The van der Waals surface area contributed by atoms with Crippen LogP contribution in [0.25, 0.3) is 0 Å². The number of nitrogens with one attached hydrogen (secondary N) is 1. The first-order chi connectivity index (χ1) is 8.81. The van der Waals surface area contributed by atoms with E-state index in [9.17, 15) is 9.90 Å². The lowest BCUT2D eigenvalue weighted by atomic mass is 9.92. The van der Waals surface area contributed by atoms with Crippen LogP contribution in [0.3, 0.4) is 0 Å². The molecule has 0 saturated heterocycles. The third-order valence-corrected chi connectivity index (χ3v) is 4.58. The fourth-order valence-electron chi connectivity index (χ4n) is 2.68. The van der Waals surface area contributed by atoms with Crippen molar-refractivity contribution in [1.82, 2.24) is 10.2 Å². The molecule has 1 rings (SSSR count). The Morgan fingerprint density at radius 1 is 1.47 bits per heavy atom. The molecule has 0 bridgehead atoms. The Bertz CT molecular complexity index is 305. The summed E-state index contributed by atoms with van der Waals surface area (Å²) in [5.74, 6) is 0.0624. The Balaban J connectivity index is 2.59. The highest BCUT2D eigenvalue weighted by molar-refractivity contribution is 5.78. The van der Waals surface area contributed by atoms with Crippen molar-refractivity contribution < 1.29 is 9.90 Å². The van der Waals surface area contributed by atoms with Crippen LogP contribution in [0.5, 0.6) is 0 Å². The van der Waals surface area contributed by atoms with Crippen molar-refractivity contribution in [3.8, 4) is 0 Å². The second-order valence-corrected chi connectivity index (χ2v) is 6.36. The van der Waals surface area contributed by atoms with Gasteiger partial charge < -0.3 is 15.3 Å². The summed E-state index contributed by atoms with van der Waals surface area (Å²) >= 11 is 0. The first-order valence-corrected chi connectivity index (χ1v) is 7.52. The van der Waals surface area contributed by atoms with Gasteiger partial charge in [-0.2, -0.15) is 0 Å². The van der Waals surface area contributed by atoms with Crippen molar-refractivity contribution in [2.75, 3.05) is 13.6 Å². The van der Waals surface area contributed by atoms with Crippen molar-refractivity contribution in [2.45, 2.75) is 71.0 Å². The van der Waals surface area contributed by atoms with Crippen LogP contribution in [-0.4, -0.2) is 47.2 Å². The summed E-state index contributed by atoms with van der Waals surface area (Å²) in [7, 11) is 2.12. The maximum atomic E-state index is 11.5. The van der Waals surface area contributed by atoms with Gasteiger partial charge >= 0.3 is 5.97 Å². The van der Waals surface area contributed by atoms with Gasteiger partial charge in [0.2, 0.25) is 0 Å². The van der Waals surface area contributed by atoms with Crippen molar-refractivity contribution in [3.05, 3.63) is 0 Å². The van der Waals surface area contributed by atoms with Gasteiger partial charge in [-0.25, -0.2) is 0 Å². The summed E-state index contributed by atoms with van der Waals surface area (Å²) in [5, 5.41) is 12.7. The quantitative estimate of drug-likeness (QED) is 0.675. The van der Waals surface area contributed by atoms with Gasteiger partial charge in [0.25, 0.3) is 0 Å². The molecule has 0 heterocycles. The normalized spacial score (nSPS) is 22.0. The van der Waals surface area contributed by atoms with E-state index in [2.05, 4.69) is 38.0 Å². The Kier molecular flexibility index (Phi) is 5.81. The number of aliphatic carboxylic acids is 1. The zero-order valence-corrected chi connectivity index (χ0v) is 13.1. The van der Waals surface area contributed by atoms with Crippen molar-refractivity contribution >= 4 is 5.97 Å². The van der Waals surface area contributed by atoms with E-state index in [1.807, 2.05) is 0 Å². The van der Waals surface area contributed by atoms with Gasteiger partial charge in [0, 0.05) is 12.1 Å². The highest BCUT2D eigenvalue weighted by Crippen LogP contribution is 2.35. The standard InChI is InChI=1S/C15H30N2O2/c1-6-9-16-15(4,14(18)19)10-11(2)17(5)12(3)13-7-8-13/h11-13,16H,6-10H2,1-5H3,(H,18,19). The molecule has 112 valence electrons. The number of hydrogen-bond acceptors (Lipinski definition) is 3. The summed E-state index contributed by atoms with van der Waals surface area (Å²) in [6, 6.07) is 0.820. The predicted octanol–water partition coefficient (Wildman–Crippen LogP) is 2.34. The van der Waals surface area contributed by atoms with E-state index >= 15 is 0 Å². The van der Waals surface area contributed by atoms with Crippen LogP contribution in [0.4, 0.5) is 0 Å². The van der Waals surface area contributed by atoms with Gasteiger partial charge in [-0.15, -0.1) is 0 Å². The molecule has 0 aliphatic heterocycles. The molecule has 4 heteroatoms. The molecule has 4 nitrogen and oxygen atoms in total. The van der Waals surface area contributed by atoms with E-state index in [1.165, 1.54) is 12.8 Å². The van der Waals surface area contributed by atoms with Crippen molar-refractivity contribution in [2.24, 2.45) is 5.92 Å². The minimum Gasteiger partial charge on any atom is -0.480 e. The predicted molar refractivity (Wildman–Crippen MR) is 78.4 cm³/mol. The Labute approximate surface area is 117 Å². The van der Waals surface area contributed by atoms with E-state index in [4.69, 9.17) is 0 Å². The second-order valence-electron chi connectivity index (χ2n) is 6.36. The van der Waals surface area contributed by atoms with Crippen LogP contribution in [0.2, 0.25) is 0 Å². The molecule has 0 amide bonds. The Hall–Kier alpha value is -0.610. The van der Waals surface area contributed by atoms with Gasteiger partial charge in [-0.1, -0.05) is 6.92 Å². The van der Waals surface area contributed by atoms with Gasteiger partial charge in [0.15, 0.2) is 0 Å². The molecule has 2 N–H and O–H groups in total. The molecule has 3 unspecified atom stereocenters. The topological polar surface area (TPSA) is 52.6 Å². The molecule has 1 fully saturated rings. The van der Waals surface area contributed by atoms with E-state index in [0.29, 0.717) is 12.5 Å². The minimum atomic E-state index is -0.826. The number of carboxylic acid groups (broad SMARTS) is 1. The highest BCUT2D eigenvalue weighted by Gasteiger charge is 2.38. The van der Waals surface area contributed by atoms with Gasteiger partial charge in [-0.05, 0) is 66.0 Å². The molecule has 1 aliphatic rings. The fraction of sp³-hybridized carbons (Fsp3) is 0.933. The summed E-state index contributed by atoms with van der Waals surface area (Å²) in [6.45, 7) is 8.99. The van der Waals surface area contributed by atoms with Crippen molar-refractivity contribution in [1.29, 1.82) is 0 Å². The average Bonchev–Trinajstić information content (AvgIpc) is 3.18. The van der Waals surface area contributed by atoms with Gasteiger partial charge in [0.05, 0.1) is 0 Å². The monoisotopic (exact) mass is 270 g/mol. The SMILES string of the molecule is CCCNC(C)(CC(C)N(C)C(C)C1CC1)C(=O)O. The Morgan fingerprint density at radius 2 is 2.05 bits per heavy atom. The first-order valence-electron chi connectivity index (χ1n) is 7.52. The maximum Gasteiger partial charge on any atom is 0.323 e. The molecular weight excluding hydrogens is 240 g/mol. The van der Waals surface area contributed by atoms with Gasteiger partial charge in [0.1, 0.15) is 5.54 Å². The molecule has 3 atom stereocenters. The summed E-state index contributed by atoms with van der Waals surface area (Å²) < 4.78 is 0. The zero-order chi connectivity index (χ0) is 14.6. The smallest absolute Gasteiger partial charge is 0.323 e. The summed E-state index contributed by atoms with van der Waals surface area (Å²) in [5.41, 5.74) is -0.826. The molecule has 0 radical (unpaired) electrons. The van der Waals surface area contributed by atoms with E-state index < -0.39 is 11.5 Å². The molecule has 0 aromatic rings. The number of carbonyl (C=O) groups is 1. The average molecular weight is 270 g/mol. The molecule has 1 aliphatic carbocycles. The largest absolute Gasteiger partial charge is 0.480 e. The minimum absolute atomic E-state index is 0.265. The van der Waals surface area contributed by atoms with Crippen LogP contribution >= 0.6 is 0 Å². The lowest BCUT2D eigenvalue weighted by Crippen LogP contribution is -2.54. The number of rotatable bonds is 9. The maximum absolute atomic E-state index is 11.5. The second kappa shape index (κ2) is 6.71. The van der Waals surface area contributed by atoms with Crippen LogP contribution in [0, 0.1) is 5.92 Å². The molecule has 19 heavy (non-hydrogen) atoms. The van der Waals surface area contributed by atoms with Gasteiger partial charge in [-0.3, -0.25) is 4.79 Å². The third-order valence-electron chi connectivity index (χ3n) is 4.58. The van der Waals surface area contributed by atoms with Crippen LogP contribution in [0.1, 0.15) is 53.4 Å². The molecule has 0 aromatic heterocycles. The van der Waals surface area contributed by atoms with Crippen LogP contribution < -0.4 is 5.32 Å². The Morgan fingerprint density at radius 3 is 2.47 bits per heavy atom.